The van der Waals surface area contributed by atoms with Gasteiger partial charge < -0.3 is 10.4 Å². The Balaban J connectivity index is 1.94. The number of aliphatic hydroxyl groups is 1. The third-order valence-corrected chi connectivity index (χ3v) is 3.43. The average molecular weight is 228 g/mol. The molecule has 2 atom stereocenters. The third kappa shape index (κ3) is 2.04. The summed E-state index contributed by atoms with van der Waals surface area (Å²) in [6.45, 7) is 1.00. The van der Waals surface area contributed by atoms with E-state index in [2.05, 4.69) is 10.3 Å². The van der Waals surface area contributed by atoms with Crippen LogP contribution in [0.2, 0.25) is 0 Å². The normalized spacial score (nSPS) is 21.8. The topological polar surface area (TPSA) is 45.2 Å². The van der Waals surface area contributed by atoms with Gasteiger partial charge in [-0.15, -0.1) is 0 Å². The summed E-state index contributed by atoms with van der Waals surface area (Å²) in [7, 11) is 0. The van der Waals surface area contributed by atoms with Crippen molar-refractivity contribution in [3.05, 3.63) is 42.1 Å². The van der Waals surface area contributed by atoms with Crippen LogP contribution in [0.3, 0.4) is 0 Å². The van der Waals surface area contributed by atoms with Crippen LogP contribution < -0.4 is 5.32 Å². The lowest BCUT2D eigenvalue weighted by Gasteiger charge is -2.18. The number of nitrogens with one attached hydrogen (secondary N) is 1. The first kappa shape index (κ1) is 10.7. The van der Waals surface area contributed by atoms with Gasteiger partial charge in [0.15, 0.2) is 0 Å². The van der Waals surface area contributed by atoms with Crippen molar-refractivity contribution in [3.63, 3.8) is 0 Å². The van der Waals surface area contributed by atoms with Crippen LogP contribution in [-0.4, -0.2) is 22.7 Å². The quantitative estimate of drug-likeness (QED) is 0.826. The molecular formula is C14H16N2O. The molecule has 2 N–H and O–H groups in total. The maximum Gasteiger partial charge on any atom is 0.0958 e. The molecule has 88 valence electrons. The predicted molar refractivity (Wildman–Crippen MR) is 67.7 cm³/mol. The van der Waals surface area contributed by atoms with Crippen molar-refractivity contribution in [3.8, 4) is 0 Å². The van der Waals surface area contributed by atoms with Crippen molar-refractivity contribution in [2.75, 3.05) is 6.54 Å². The van der Waals surface area contributed by atoms with Crippen molar-refractivity contribution < 1.29 is 5.11 Å². The van der Waals surface area contributed by atoms with Gasteiger partial charge in [0, 0.05) is 23.2 Å². The fourth-order valence-corrected chi connectivity index (χ4v) is 2.46. The Bertz CT molecular complexity index is 520. The molecule has 0 aliphatic carbocycles. The fraction of sp³-hybridized carbons (Fsp3) is 0.357. The van der Waals surface area contributed by atoms with Gasteiger partial charge in [0.25, 0.3) is 0 Å². The predicted octanol–water partition coefficient (Wildman–Crippen LogP) is 2.02. The number of nitrogens with zero attached hydrogens (tertiary/aromatic N) is 1. The molecule has 1 aromatic carbocycles. The smallest absolute Gasteiger partial charge is 0.0958 e. The second-order valence-electron chi connectivity index (χ2n) is 4.61. The lowest BCUT2D eigenvalue weighted by Crippen LogP contribution is -2.28. The van der Waals surface area contributed by atoms with Crippen LogP contribution >= 0.6 is 0 Å². The Morgan fingerprint density at radius 1 is 1.35 bits per heavy atom. The van der Waals surface area contributed by atoms with Crippen LogP contribution in [0.5, 0.6) is 0 Å². The van der Waals surface area contributed by atoms with Crippen LogP contribution in [0.4, 0.5) is 0 Å². The second kappa shape index (κ2) is 4.43. The van der Waals surface area contributed by atoms with Crippen molar-refractivity contribution in [1.82, 2.24) is 10.3 Å². The molecule has 1 aromatic heterocycles. The minimum Gasteiger partial charge on any atom is -0.387 e. The van der Waals surface area contributed by atoms with E-state index in [1.807, 2.05) is 30.3 Å². The zero-order valence-electron chi connectivity index (χ0n) is 9.63. The van der Waals surface area contributed by atoms with E-state index in [0.29, 0.717) is 0 Å². The molecule has 3 nitrogen and oxygen atoms in total. The van der Waals surface area contributed by atoms with Gasteiger partial charge in [-0.25, -0.2) is 0 Å². The van der Waals surface area contributed by atoms with Gasteiger partial charge in [-0.3, -0.25) is 4.98 Å². The third-order valence-electron chi connectivity index (χ3n) is 3.43. The molecule has 1 aliphatic heterocycles. The zero-order valence-corrected chi connectivity index (χ0v) is 9.63. The molecular weight excluding hydrogens is 212 g/mol. The molecule has 2 unspecified atom stereocenters. The monoisotopic (exact) mass is 228 g/mol. The minimum absolute atomic E-state index is 0.179. The molecule has 17 heavy (non-hydrogen) atoms. The average Bonchev–Trinajstić information content (AvgIpc) is 2.91. The highest BCUT2D eigenvalue weighted by atomic mass is 16.3. The largest absolute Gasteiger partial charge is 0.387 e. The van der Waals surface area contributed by atoms with E-state index in [0.717, 1.165) is 35.9 Å². The number of hydrogen-bond donors (Lipinski definition) is 2. The van der Waals surface area contributed by atoms with Crippen LogP contribution in [0, 0.1) is 0 Å². The van der Waals surface area contributed by atoms with Gasteiger partial charge in [0.1, 0.15) is 0 Å². The number of hydrogen-bond acceptors (Lipinski definition) is 3. The molecule has 0 bridgehead atoms. The van der Waals surface area contributed by atoms with Crippen LogP contribution in [-0.2, 0) is 0 Å². The summed E-state index contributed by atoms with van der Waals surface area (Å²) in [4.78, 5) is 4.39. The number of rotatable bonds is 2. The molecule has 2 heterocycles. The summed E-state index contributed by atoms with van der Waals surface area (Å²) in [6.07, 6.45) is 3.51. The van der Waals surface area contributed by atoms with E-state index >= 15 is 0 Å². The summed E-state index contributed by atoms with van der Waals surface area (Å²) in [5.41, 5.74) is 1.88. The molecule has 1 aliphatic rings. The number of pyridine rings is 1. The van der Waals surface area contributed by atoms with Gasteiger partial charge in [-0.2, -0.15) is 0 Å². The maximum atomic E-state index is 10.3. The summed E-state index contributed by atoms with van der Waals surface area (Å²) >= 11 is 0. The fourth-order valence-electron chi connectivity index (χ4n) is 2.46. The molecule has 0 amide bonds. The second-order valence-corrected chi connectivity index (χ2v) is 4.61. The Morgan fingerprint density at radius 3 is 3.06 bits per heavy atom. The van der Waals surface area contributed by atoms with Crippen LogP contribution in [0.15, 0.2) is 36.5 Å². The summed E-state index contributed by atoms with van der Waals surface area (Å²) in [5.74, 6) is 0. The van der Waals surface area contributed by atoms with Crippen LogP contribution in [0.25, 0.3) is 10.9 Å². The molecule has 3 rings (SSSR count). The van der Waals surface area contributed by atoms with Crippen molar-refractivity contribution in [1.29, 1.82) is 0 Å². The first-order valence-electron chi connectivity index (χ1n) is 6.11. The number of benzene rings is 1. The Hall–Kier alpha value is -1.45. The SMILES string of the molecule is OC(c1cnc2ccccc2c1)C1CCCN1. The molecule has 1 fully saturated rings. The number of fused-ring (bicyclic) bond motifs is 1. The van der Waals surface area contributed by atoms with Crippen molar-refractivity contribution >= 4 is 10.9 Å². The first-order valence-corrected chi connectivity index (χ1v) is 6.11. The number of para-hydroxylation sites is 1. The lowest BCUT2D eigenvalue weighted by atomic mass is 10.0. The summed E-state index contributed by atoms with van der Waals surface area (Å²) in [5, 5.41) is 14.7. The van der Waals surface area contributed by atoms with E-state index in [1.165, 1.54) is 0 Å². The van der Waals surface area contributed by atoms with E-state index in [4.69, 9.17) is 0 Å². The first-order chi connectivity index (χ1) is 8.34. The summed E-state index contributed by atoms with van der Waals surface area (Å²) in [6, 6.07) is 10.2. The van der Waals surface area contributed by atoms with Gasteiger partial charge in [-0.05, 0) is 31.5 Å². The van der Waals surface area contributed by atoms with E-state index < -0.39 is 6.10 Å². The highest BCUT2D eigenvalue weighted by Crippen LogP contribution is 2.24. The molecule has 1 saturated heterocycles. The molecule has 0 radical (unpaired) electrons. The standard InChI is InChI=1S/C14H16N2O/c17-14(13-6-3-7-15-13)11-8-10-4-1-2-5-12(10)16-9-11/h1-2,4-5,8-9,13-15,17H,3,6-7H2. The molecule has 2 aromatic rings. The van der Waals surface area contributed by atoms with Gasteiger partial charge in [-0.1, -0.05) is 18.2 Å². The maximum absolute atomic E-state index is 10.3. The molecule has 3 heteroatoms. The Morgan fingerprint density at radius 2 is 2.24 bits per heavy atom. The highest BCUT2D eigenvalue weighted by Gasteiger charge is 2.24. The minimum atomic E-state index is -0.449. The molecule has 0 saturated carbocycles. The Kier molecular flexibility index (Phi) is 2.79. The van der Waals surface area contributed by atoms with Gasteiger partial charge in [0.05, 0.1) is 11.6 Å². The highest BCUT2D eigenvalue weighted by molar-refractivity contribution is 5.78. The van der Waals surface area contributed by atoms with Crippen LogP contribution in [0.1, 0.15) is 24.5 Å². The van der Waals surface area contributed by atoms with Crippen molar-refractivity contribution in [2.24, 2.45) is 0 Å². The van der Waals surface area contributed by atoms with E-state index in [-0.39, 0.29) is 6.04 Å². The number of aromatic nitrogens is 1. The Labute approximate surface area is 100 Å². The zero-order chi connectivity index (χ0) is 11.7. The number of aliphatic hydroxyl groups excluding tert-OH is 1. The van der Waals surface area contributed by atoms with E-state index in [9.17, 15) is 5.11 Å². The molecule has 0 spiro atoms. The van der Waals surface area contributed by atoms with Crippen molar-refractivity contribution in [2.45, 2.75) is 25.0 Å². The van der Waals surface area contributed by atoms with Gasteiger partial charge >= 0.3 is 0 Å². The van der Waals surface area contributed by atoms with Gasteiger partial charge in [0.2, 0.25) is 0 Å². The summed E-state index contributed by atoms with van der Waals surface area (Å²) < 4.78 is 0. The van der Waals surface area contributed by atoms with E-state index in [1.54, 1.807) is 6.20 Å². The lowest BCUT2D eigenvalue weighted by molar-refractivity contribution is 0.137.